The van der Waals surface area contributed by atoms with Crippen molar-refractivity contribution >= 4 is 33.4 Å². The molecule has 1 N–H and O–H groups in total. The first kappa shape index (κ1) is 21.3. The highest BCUT2D eigenvalue weighted by Gasteiger charge is 2.24. The monoisotopic (exact) mass is 406 g/mol. The number of sulfonamides is 1. The number of thioether (sulfide) groups is 1. The molecule has 0 fully saturated rings. The molecular formula is C20H26N2O3S2. The highest BCUT2D eigenvalue weighted by atomic mass is 32.2. The van der Waals surface area contributed by atoms with E-state index in [0.717, 1.165) is 10.1 Å². The summed E-state index contributed by atoms with van der Waals surface area (Å²) in [6, 6.07) is 14.9. The van der Waals surface area contributed by atoms with Gasteiger partial charge in [-0.25, -0.2) is 8.42 Å². The van der Waals surface area contributed by atoms with Crippen LogP contribution in [-0.2, 0) is 10.0 Å². The zero-order valence-corrected chi connectivity index (χ0v) is 17.7. The summed E-state index contributed by atoms with van der Waals surface area (Å²) in [7, 11) is -2.28. The van der Waals surface area contributed by atoms with Crippen molar-refractivity contribution in [1.82, 2.24) is 5.32 Å². The summed E-state index contributed by atoms with van der Waals surface area (Å²) in [5, 5.41) is 2.88. The number of nitrogens with one attached hydrogen (secondary N) is 1. The predicted molar refractivity (Wildman–Crippen MR) is 113 cm³/mol. The van der Waals surface area contributed by atoms with Crippen molar-refractivity contribution in [2.75, 3.05) is 23.7 Å². The van der Waals surface area contributed by atoms with Crippen LogP contribution in [0.4, 0.5) is 5.69 Å². The van der Waals surface area contributed by atoms with Crippen LogP contribution in [0.5, 0.6) is 0 Å². The van der Waals surface area contributed by atoms with E-state index in [9.17, 15) is 13.2 Å². The molecule has 7 heteroatoms. The molecule has 0 aliphatic heterocycles. The smallest absolute Gasteiger partial charge is 0.264 e. The average Bonchev–Trinajstić information content (AvgIpc) is 2.64. The number of nitrogens with zero attached hydrogens (tertiary/aromatic N) is 1. The van der Waals surface area contributed by atoms with Gasteiger partial charge in [0.05, 0.1) is 16.1 Å². The Labute approximate surface area is 166 Å². The van der Waals surface area contributed by atoms with Crippen molar-refractivity contribution < 1.29 is 13.2 Å². The summed E-state index contributed by atoms with van der Waals surface area (Å²) >= 11 is 1.76. The lowest BCUT2D eigenvalue weighted by atomic mass is 10.1. The predicted octanol–water partition coefficient (Wildman–Crippen LogP) is 3.77. The number of anilines is 1. The Morgan fingerprint density at radius 3 is 2.26 bits per heavy atom. The van der Waals surface area contributed by atoms with Crippen LogP contribution in [-0.4, -0.2) is 38.4 Å². The summed E-state index contributed by atoms with van der Waals surface area (Å²) in [5.41, 5.74) is 0.683. The number of para-hydroxylation sites is 1. The van der Waals surface area contributed by atoms with E-state index in [4.69, 9.17) is 0 Å². The molecule has 0 aliphatic carbocycles. The van der Waals surface area contributed by atoms with Crippen molar-refractivity contribution in [2.24, 2.45) is 0 Å². The number of amides is 1. The molecule has 0 aromatic heterocycles. The number of hydrogen-bond donors (Lipinski definition) is 1. The molecule has 0 radical (unpaired) electrons. The standard InChI is InChI=1S/C20H26N2O3S2/c1-20(2,3)26-15-14-21-19(23)17-12-8-9-13-18(17)22(4)27(24,25)16-10-6-5-7-11-16/h5-13H,14-15H2,1-4H3,(H,21,23). The summed E-state index contributed by atoms with van der Waals surface area (Å²) in [6.45, 7) is 6.89. The van der Waals surface area contributed by atoms with Crippen LogP contribution in [0.3, 0.4) is 0 Å². The lowest BCUT2D eigenvalue weighted by Gasteiger charge is -2.22. The van der Waals surface area contributed by atoms with Gasteiger partial charge in [0.25, 0.3) is 15.9 Å². The molecule has 2 aromatic carbocycles. The van der Waals surface area contributed by atoms with Gasteiger partial charge in [-0.3, -0.25) is 9.10 Å². The van der Waals surface area contributed by atoms with Crippen molar-refractivity contribution in [1.29, 1.82) is 0 Å². The van der Waals surface area contributed by atoms with E-state index < -0.39 is 10.0 Å². The summed E-state index contributed by atoms with van der Waals surface area (Å²) in [4.78, 5) is 12.8. The Balaban J connectivity index is 2.18. The largest absolute Gasteiger partial charge is 0.351 e. The summed E-state index contributed by atoms with van der Waals surface area (Å²) in [6.07, 6.45) is 0. The molecule has 1 amide bonds. The Bertz CT molecular complexity index is 876. The lowest BCUT2D eigenvalue weighted by Crippen LogP contribution is -2.31. The van der Waals surface area contributed by atoms with E-state index in [1.807, 2.05) is 0 Å². The van der Waals surface area contributed by atoms with Crippen LogP contribution in [0.25, 0.3) is 0 Å². The highest BCUT2D eigenvalue weighted by Crippen LogP contribution is 2.26. The molecule has 27 heavy (non-hydrogen) atoms. The van der Waals surface area contributed by atoms with E-state index in [0.29, 0.717) is 17.8 Å². The lowest BCUT2D eigenvalue weighted by molar-refractivity contribution is 0.0957. The third kappa shape index (κ3) is 5.74. The van der Waals surface area contributed by atoms with E-state index >= 15 is 0 Å². The van der Waals surface area contributed by atoms with E-state index in [2.05, 4.69) is 26.1 Å². The van der Waals surface area contributed by atoms with Gasteiger partial charge < -0.3 is 5.32 Å². The van der Waals surface area contributed by atoms with Crippen LogP contribution in [0, 0.1) is 0 Å². The maximum Gasteiger partial charge on any atom is 0.264 e. The van der Waals surface area contributed by atoms with Crippen LogP contribution in [0.15, 0.2) is 59.5 Å². The van der Waals surface area contributed by atoms with Crippen molar-refractivity contribution in [3.63, 3.8) is 0 Å². The van der Waals surface area contributed by atoms with E-state index in [1.165, 1.54) is 19.2 Å². The second kappa shape index (κ2) is 8.80. The second-order valence-electron chi connectivity index (χ2n) is 7.02. The van der Waals surface area contributed by atoms with Gasteiger partial charge in [0.1, 0.15) is 0 Å². The average molecular weight is 407 g/mol. The zero-order valence-electron chi connectivity index (χ0n) is 16.1. The molecule has 0 spiro atoms. The summed E-state index contributed by atoms with van der Waals surface area (Å²) in [5.74, 6) is 0.505. The number of benzene rings is 2. The van der Waals surface area contributed by atoms with Crippen molar-refractivity contribution in [3.8, 4) is 0 Å². The molecule has 0 heterocycles. The maximum absolute atomic E-state index is 12.9. The first-order valence-corrected chi connectivity index (χ1v) is 11.1. The fourth-order valence-corrected chi connectivity index (χ4v) is 4.49. The third-order valence-corrected chi connectivity index (χ3v) is 6.87. The molecule has 0 bridgehead atoms. The maximum atomic E-state index is 12.9. The Hall–Kier alpha value is -1.99. The molecule has 5 nitrogen and oxygen atoms in total. The van der Waals surface area contributed by atoms with Gasteiger partial charge in [0.2, 0.25) is 0 Å². The zero-order chi connectivity index (χ0) is 20.1. The molecular weight excluding hydrogens is 380 g/mol. The quantitative estimate of drug-likeness (QED) is 0.711. The molecule has 146 valence electrons. The molecule has 0 atom stereocenters. The molecule has 0 unspecified atom stereocenters. The SMILES string of the molecule is CN(c1ccccc1C(=O)NCCSC(C)(C)C)S(=O)(=O)c1ccccc1. The number of carbonyl (C=O) groups is 1. The molecule has 0 saturated carbocycles. The fraction of sp³-hybridized carbons (Fsp3) is 0.350. The van der Waals surface area contributed by atoms with Crippen molar-refractivity contribution in [3.05, 3.63) is 60.2 Å². The number of carbonyl (C=O) groups excluding carboxylic acids is 1. The van der Waals surface area contributed by atoms with Crippen LogP contribution in [0.2, 0.25) is 0 Å². The minimum absolute atomic E-state index is 0.132. The molecule has 0 aliphatic rings. The van der Waals surface area contributed by atoms with Gasteiger partial charge in [-0.1, -0.05) is 51.1 Å². The Morgan fingerprint density at radius 1 is 1.04 bits per heavy atom. The Morgan fingerprint density at radius 2 is 1.63 bits per heavy atom. The summed E-state index contributed by atoms with van der Waals surface area (Å²) < 4.78 is 27.0. The van der Waals surface area contributed by atoms with Crippen molar-refractivity contribution in [2.45, 2.75) is 30.4 Å². The molecule has 2 aromatic rings. The van der Waals surface area contributed by atoms with Gasteiger partial charge in [-0.2, -0.15) is 11.8 Å². The van der Waals surface area contributed by atoms with Gasteiger partial charge in [-0.15, -0.1) is 0 Å². The minimum atomic E-state index is -3.74. The van der Waals surface area contributed by atoms with Gasteiger partial charge in [-0.05, 0) is 24.3 Å². The third-order valence-electron chi connectivity index (χ3n) is 3.81. The van der Waals surface area contributed by atoms with Crippen LogP contribution in [0.1, 0.15) is 31.1 Å². The van der Waals surface area contributed by atoms with Gasteiger partial charge in [0.15, 0.2) is 0 Å². The van der Waals surface area contributed by atoms with Gasteiger partial charge in [0, 0.05) is 24.1 Å². The van der Waals surface area contributed by atoms with Gasteiger partial charge >= 0.3 is 0 Å². The normalized spacial score (nSPS) is 11.9. The first-order chi connectivity index (χ1) is 12.6. The van der Waals surface area contributed by atoms with Crippen LogP contribution < -0.4 is 9.62 Å². The second-order valence-corrected chi connectivity index (χ2v) is 10.9. The molecule has 2 rings (SSSR count). The number of hydrogen-bond acceptors (Lipinski definition) is 4. The van der Waals surface area contributed by atoms with E-state index in [1.54, 1.807) is 54.2 Å². The van der Waals surface area contributed by atoms with E-state index in [-0.39, 0.29) is 15.5 Å². The molecule has 0 saturated heterocycles. The first-order valence-electron chi connectivity index (χ1n) is 8.68. The Kier molecular flexibility index (Phi) is 6.95. The minimum Gasteiger partial charge on any atom is -0.351 e. The topological polar surface area (TPSA) is 66.5 Å². The van der Waals surface area contributed by atoms with Crippen LogP contribution >= 0.6 is 11.8 Å². The highest BCUT2D eigenvalue weighted by molar-refractivity contribution is 8.00. The number of rotatable bonds is 7. The fourth-order valence-electron chi connectivity index (χ4n) is 2.44.